The van der Waals surface area contributed by atoms with Gasteiger partial charge in [0.15, 0.2) is 0 Å². The van der Waals surface area contributed by atoms with Crippen molar-refractivity contribution >= 4 is 23.2 Å². The van der Waals surface area contributed by atoms with Crippen LogP contribution in [0.25, 0.3) is 0 Å². The maximum Gasteiger partial charge on any atom is 0.270 e. The molecule has 1 amide bonds. The number of nitro benzene ring substituents is 1. The van der Waals surface area contributed by atoms with E-state index in [2.05, 4.69) is 0 Å². The molecule has 7 heteroatoms. The van der Waals surface area contributed by atoms with E-state index in [1.807, 2.05) is 6.92 Å². The Hall–Kier alpha value is -1.66. The summed E-state index contributed by atoms with van der Waals surface area (Å²) >= 11 is 5.89. The summed E-state index contributed by atoms with van der Waals surface area (Å²) in [6, 6.07) is 3.74. The topological polar surface area (TPSA) is 83.7 Å². The smallest absolute Gasteiger partial charge is 0.270 e. The maximum absolute atomic E-state index is 12.1. The second-order valence-corrected chi connectivity index (χ2v) is 5.07. The van der Waals surface area contributed by atoms with E-state index in [9.17, 15) is 20.0 Å². The van der Waals surface area contributed by atoms with Gasteiger partial charge in [0.2, 0.25) is 0 Å². The molecule has 1 fully saturated rings. The molecule has 2 rings (SSSR count). The molecule has 0 saturated carbocycles. The molecule has 0 aromatic heterocycles. The molecule has 1 aromatic carbocycles. The van der Waals surface area contributed by atoms with Gasteiger partial charge in [0.05, 0.1) is 34.2 Å². The van der Waals surface area contributed by atoms with Gasteiger partial charge in [-0.25, -0.2) is 0 Å². The lowest BCUT2D eigenvalue weighted by atomic mass is 9.90. The van der Waals surface area contributed by atoms with E-state index in [0.29, 0.717) is 6.42 Å². The van der Waals surface area contributed by atoms with Crippen LogP contribution in [0.15, 0.2) is 18.2 Å². The van der Waals surface area contributed by atoms with E-state index in [0.717, 1.165) is 6.07 Å². The first kappa shape index (κ1) is 13.8. The Morgan fingerprint density at radius 3 is 2.74 bits per heavy atom. The summed E-state index contributed by atoms with van der Waals surface area (Å²) in [5, 5.41) is 20.7. The number of carbonyl (C=O) groups excluding carboxylic acids is 1. The zero-order chi connectivity index (χ0) is 14.2. The van der Waals surface area contributed by atoms with Crippen molar-refractivity contribution in [1.29, 1.82) is 0 Å². The number of β-amino-alcohol motifs (C(OH)–C–C–N with tert-alkyl or cyclic N) is 1. The summed E-state index contributed by atoms with van der Waals surface area (Å²) in [6.07, 6.45) is 0.555. The molecular weight excluding hydrogens is 272 g/mol. The fourth-order valence-electron chi connectivity index (χ4n) is 1.99. The second-order valence-electron chi connectivity index (χ2n) is 4.66. The number of likely N-dealkylation sites (tertiary alicyclic amines) is 1. The number of carbonyl (C=O) groups is 1. The number of nitrogens with zero attached hydrogens (tertiary/aromatic N) is 2. The number of benzene rings is 1. The number of amides is 1. The lowest BCUT2D eigenvalue weighted by Gasteiger charge is -2.46. The number of hydrogen-bond donors (Lipinski definition) is 1. The van der Waals surface area contributed by atoms with Gasteiger partial charge in [0.25, 0.3) is 11.6 Å². The van der Waals surface area contributed by atoms with Crippen molar-refractivity contribution in [2.24, 2.45) is 0 Å². The average molecular weight is 285 g/mol. The van der Waals surface area contributed by atoms with Gasteiger partial charge in [-0.15, -0.1) is 0 Å². The van der Waals surface area contributed by atoms with E-state index in [4.69, 9.17) is 11.6 Å². The third kappa shape index (κ3) is 2.54. The van der Waals surface area contributed by atoms with Crippen LogP contribution in [0.2, 0.25) is 5.02 Å². The molecule has 102 valence electrons. The van der Waals surface area contributed by atoms with Crippen LogP contribution in [0.3, 0.4) is 0 Å². The van der Waals surface area contributed by atoms with Gasteiger partial charge < -0.3 is 10.0 Å². The van der Waals surface area contributed by atoms with Gasteiger partial charge in [0, 0.05) is 12.1 Å². The minimum absolute atomic E-state index is 0.0917. The minimum atomic E-state index is -0.844. The van der Waals surface area contributed by atoms with Crippen molar-refractivity contribution in [2.75, 3.05) is 13.1 Å². The molecule has 0 spiro atoms. The largest absolute Gasteiger partial charge is 0.386 e. The Kier molecular flexibility index (Phi) is 3.47. The average Bonchev–Trinajstić information content (AvgIpc) is 2.34. The molecule has 1 saturated heterocycles. The summed E-state index contributed by atoms with van der Waals surface area (Å²) in [6.45, 7) is 2.28. The molecular formula is C12H13ClN2O4. The molecule has 1 aliphatic heterocycles. The van der Waals surface area contributed by atoms with Crippen LogP contribution in [-0.2, 0) is 0 Å². The van der Waals surface area contributed by atoms with Crippen molar-refractivity contribution in [3.05, 3.63) is 38.9 Å². The van der Waals surface area contributed by atoms with Gasteiger partial charge in [-0.2, -0.15) is 0 Å². The SMILES string of the molecule is CCC1(O)CN(C(=O)c2cc([N+](=O)[O-])ccc2Cl)C1. The molecule has 1 N–H and O–H groups in total. The predicted molar refractivity (Wildman–Crippen MR) is 69.3 cm³/mol. The highest BCUT2D eigenvalue weighted by atomic mass is 35.5. The van der Waals surface area contributed by atoms with E-state index in [-0.39, 0.29) is 29.4 Å². The second kappa shape index (κ2) is 4.79. The Labute approximate surface area is 114 Å². The quantitative estimate of drug-likeness (QED) is 0.678. The Morgan fingerprint density at radius 1 is 1.58 bits per heavy atom. The number of non-ortho nitro benzene ring substituents is 1. The van der Waals surface area contributed by atoms with E-state index >= 15 is 0 Å². The van der Waals surface area contributed by atoms with Crippen LogP contribution in [0.5, 0.6) is 0 Å². The van der Waals surface area contributed by atoms with Gasteiger partial charge in [-0.05, 0) is 12.5 Å². The molecule has 0 bridgehead atoms. The van der Waals surface area contributed by atoms with Gasteiger partial charge in [-0.3, -0.25) is 14.9 Å². The van der Waals surface area contributed by atoms with Crippen LogP contribution in [0, 0.1) is 10.1 Å². The van der Waals surface area contributed by atoms with Gasteiger partial charge >= 0.3 is 0 Å². The minimum Gasteiger partial charge on any atom is -0.386 e. The fourth-order valence-corrected chi connectivity index (χ4v) is 2.19. The standard InChI is InChI=1S/C12H13ClN2O4/c1-2-12(17)6-14(7-12)11(16)9-5-8(15(18)19)3-4-10(9)13/h3-5,17H,2,6-7H2,1H3. The molecule has 0 radical (unpaired) electrons. The first-order valence-corrected chi connectivity index (χ1v) is 6.20. The fraction of sp³-hybridized carbons (Fsp3) is 0.417. The summed E-state index contributed by atoms with van der Waals surface area (Å²) in [5.74, 6) is -0.396. The van der Waals surface area contributed by atoms with E-state index < -0.39 is 16.4 Å². The van der Waals surface area contributed by atoms with E-state index in [1.54, 1.807) is 0 Å². The van der Waals surface area contributed by atoms with Crippen molar-refractivity contribution < 1.29 is 14.8 Å². The summed E-state index contributed by atoms with van der Waals surface area (Å²) in [7, 11) is 0. The highest BCUT2D eigenvalue weighted by Gasteiger charge is 2.42. The normalized spacial score (nSPS) is 16.9. The monoisotopic (exact) mass is 284 g/mol. The molecule has 0 unspecified atom stereocenters. The Balaban J connectivity index is 2.21. The molecule has 0 aliphatic carbocycles. The maximum atomic E-state index is 12.1. The number of nitro groups is 1. The lowest BCUT2D eigenvalue weighted by molar-refractivity contribution is -0.384. The molecule has 1 aromatic rings. The Bertz CT molecular complexity index is 541. The van der Waals surface area contributed by atoms with Crippen molar-refractivity contribution in [1.82, 2.24) is 4.90 Å². The van der Waals surface area contributed by atoms with Gasteiger partial charge in [0.1, 0.15) is 0 Å². The Morgan fingerprint density at radius 2 is 2.21 bits per heavy atom. The lowest BCUT2D eigenvalue weighted by Crippen LogP contribution is -2.63. The predicted octanol–water partition coefficient (Wildman–Crippen LogP) is 1.85. The van der Waals surface area contributed by atoms with Crippen LogP contribution < -0.4 is 0 Å². The molecule has 1 aliphatic rings. The molecule has 19 heavy (non-hydrogen) atoms. The van der Waals surface area contributed by atoms with Crippen LogP contribution in [-0.4, -0.2) is 39.5 Å². The van der Waals surface area contributed by atoms with Gasteiger partial charge in [-0.1, -0.05) is 18.5 Å². The number of rotatable bonds is 3. The third-order valence-electron chi connectivity index (χ3n) is 3.31. The highest BCUT2D eigenvalue weighted by Crippen LogP contribution is 2.29. The number of aliphatic hydroxyl groups is 1. The van der Waals surface area contributed by atoms with Crippen LogP contribution >= 0.6 is 11.6 Å². The zero-order valence-electron chi connectivity index (χ0n) is 10.3. The van der Waals surface area contributed by atoms with Crippen molar-refractivity contribution in [3.8, 4) is 0 Å². The first-order chi connectivity index (χ1) is 8.86. The van der Waals surface area contributed by atoms with Crippen LogP contribution in [0.1, 0.15) is 23.7 Å². The zero-order valence-corrected chi connectivity index (χ0v) is 11.1. The summed E-state index contributed by atoms with van der Waals surface area (Å²) < 4.78 is 0. The summed E-state index contributed by atoms with van der Waals surface area (Å²) in [5.41, 5.74) is -0.934. The van der Waals surface area contributed by atoms with Crippen molar-refractivity contribution in [2.45, 2.75) is 18.9 Å². The number of hydrogen-bond acceptors (Lipinski definition) is 4. The molecule has 6 nitrogen and oxygen atoms in total. The van der Waals surface area contributed by atoms with E-state index in [1.165, 1.54) is 17.0 Å². The third-order valence-corrected chi connectivity index (χ3v) is 3.64. The first-order valence-electron chi connectivity index (χ1n) is 5.82. The summed E-state index contributed by atoms with van der Waals surface area (Å²) in [4.78, 5) is 23.7. The van der Waals surface area contributed by atoms with Crippen LogP contribution in [0.4, 0.5) is 5.69 Å². The number of halogens is 1. The molecule has 1 heterocycles. The highest BCUT2D eigenvalue weighted by molar-refractivity contribution is 6.34. The molecule has 0 atom stereocenters. The van der Waals surface area contributed by atoms with Crippen molar-refractivity contribution in [3.63, 3.8) is 0 Å².